The third-order valence-corrected chi connectivity index (χ3v) is 3.93. The molecule has 1 aromatic carbocycles. The Morgan fingerprint density at radius 1 is 1.11 bits per heavy atom. The molecule has 1 aromatic heterocycles. The molecule has 2 rings (SSSR count). The van der Waals surface area contributed by atoms with Crippen molar-refractivity contribution in [1.82, 2.24) is 9.97 Å². The van der Waals surface area contributed by atoms with Crippen molar-refractivity contribution in [3.05, 3.63) is 41.7 Å². The quantitative estimate of drug-likeness (QED) is 0.833. The van der Waals surface area contributed by atoms with Crippen LogP contribution >= 0.6 is 11.8 Å². The lowest BCUT2D eigenvalue weighted by molar-refractivity contribution is 0.938. The lowest BCUT2D eigenvalue weighted by atomic mass is 10.2. The molecule has 2 aromatic rings. The summed E-state index contributed by atoms with van der Waals surface area (Å²) < 4.78 is 0. The Morgan fingerprint density at radius 3 is 2.53 bits per heavy atom. The number of nitrogens with zero attached hydrogens (tertiary/aromatic N) is 2. The fourth-order valence-corrected chi connectivity index (χ4v) is 2.52. The third-order valence-electron chi connectivity index (χ3n) is 2.82. The second kappa shape index (κ2) is 6.57. The second-order valence-corrected chi connectivity index (χ2v) is 5.56. The van der Waals surface area contributed by atoms with Crippen LogP contribution in [0, 0.1) is 13.8 Å². The van der Waals surface area contributed by atoms with E-state index in [0.717, 1.165) is 29.4 Å². The van der Waals surface area contributed by atoms with E-state index in [1.165, 1.54) is 10.5 Å². The molecule has 0 spiro atoms. The van der Waals surface area contributed by atoms with E-state index < -0.39 is 0 Å². The van der Waals surface area contributed by atoms with Gasteiger partial charge in [0, 0.05) is 17.0 Å². The highest BCUT2D eigenvalue weighted by molar-refractivity contribution is 7.99. The van der Waals surface area contributed by atoms with Gasteiger partial charge < -0.3 is 5.32 Å². The Morgan fingerprint density at radius 2 is 1.84 bits per heavy atom. The maximum Gasteiger partial charge on any atom is 0.133 e. The molecule has 0 saturated carbocycles. The van der Waals surface area contributed by atoms with E-state index in [1.807, 2.05) is 0 Å². The van der Waals surface area contributed by atoms with Crippen LogP contribution in [0.2, 0.25) is 0 Å². The molecule has 0 aliphatic heterocycles. The van der Waals surface area contributed by atoms with Gasteiger partial charge in [0.15, 0.2) is 0 Å². The number of nitrogens with one attached hydrogen (secondary N) is 1. The van der Waals surface area contributed by atoms with Gasteiger partial charge in [-0.05, 0) is 32.4 Å². The van der Waals surface area contributed by atoms with Crippen LogP contribution in [0.15, 0.2) is 40.5 Å². The van der Waals surface area contributed by atoms with E-state index in [4.69, 9.17) is 0 Å². The number of benzene rings is 1. The second-order valence-electron chi connectivity index (χ2n) is 4.49. The molecule has 0 bridgehead atoms. The molecule has 0 fully saturated rings. The molecule has 1 N–H and O–H groups in total. The minimum atomic E-state index is 0.937. The van der Waals surface area contributed by atoms with Crippen molar-refractivity contribution in [3.63, 3.8) is 0 Å². The van der Waals surface area contributed by atoms with Crippen LogP contribution in [0.1, 0.15) is 24.5 Å². The predicted molar refractivity (Wildman–Crippen MR) is 80.9 cm³/mol. The first kappa shape index (κ1) is 13.9. The number of anilines is 1. The summed E-state index contributed by atoms with van der Waals surface area (Å²) in [5.74, 6) is 0.937. The molecular formula is C15H19N3S. The molecular weight excluding hydrogens is 254 g/mol. The van der Waals surface area contributed by atoms with Crippen molar-refractivity contribution in [3.8, 4) is 0 Å². The van der Waals surface area contributed by atoms with Gasteiger partial charge in [0.2, 0.25) is 0 Å². The summed E-state index contributed by atoms with van der Waals surface area (Å²) >= 11 is 1.68. The Labute approximate surface area is 118 Å². The molecule has 3 nitrogen and oxygen atoms in total. The summed E-state index contributed by atoms with van der Waals surface area (Å²) in [6, 6.07) is 8.49. The molecule has 0 radical (unpaired) electrons. The van der Waals surface area contributed by atoms with Crippen LogP contribution in [-0.4, -0.2) is 16.5 Å². The van der Waals surface area contributed by atoms with Gasteiger partial charge in [0.05, 0.1) is 0 Å². The Balaban J connectivity index is 2.18. The van der Waals surface area contributed by atoms with Gasteiger partial charge in [-0.25, -0.2) is 9.97 Å². The largest absolute Gasteiger partial charge is 0.370 e. The van der Waals surface area contributed by atoms with Gasteiger partial charge >= 0.3 is 0 Å². The topological polar surface area (TPSA) is 37.8 Å². The highest BCUT2D eigenvalue weighted by Crippen LogP contribution is 2.30. The fourth-order valence-electron chi connectivity index (χ4n) is 1.68. The SMILES string of the molecule is CCCNc1ncnc(Sc2ccc(C)cc2)c1C. The molecule has 0 unspecified atom stereocenters. The summed E-state index contributed by atoms with van der Waals surface area (Å²) in [5.41, 5.74) is 2.38. The molecule has 19 heavy (non-hydrogen) atoms. The smallest absolute Gasteiger partial charge is 0.133 e. The van der Waals surface area contributed by atoms with Crippen molar-refractivity contribution in [2.45, 2.75) is 37.1 Å². The van der Waals surface area contributed by atoms with Crippen LogP contribution in [0.5, 0.6) is 0 Å². The molecule has 100 valence electrons. The Kier molecular flexibility index (Phi) is 4.80. The standard InChI is InChI=1S/C15H19N3S/c1-4-9-16-14-12(3)15(18-10-17-14)19-13-7-5-11(2)6-8-13/h5-8,10H,4,9H2,1-3H3,(H,16,17,18). The van der Waals surface area contributed by atoms with E-state index in [-0.39, 0.29) is 0 Å². The predicted octanol–water partition coefficient (Wildman–Crippen LogP) is 4.07. The fraction of sp³-hybridized carbons (Fsp3) is 0.333. The van der Waals surface area contributed by atoms with Gasteiger partial charge in [-0.2, -0.15) is 0 Å². The average Bonchev–Trinajstić information content (AvgIpc) is 2.42. The van der Waals surface area contributed by atoms with E-state index in [9.17, 15) is 0 Å². The Bertz CT molecular complexity index is 538. The third kappa shape index (κ3) is 3.70. The van der Waals surface area contributed by atoms with Gasteiger partial charge in [-0.1, -0.05) is 36.4 Å². The van der Waals surface area contributed by atoms with Crippen molar-refractivity contribution >= 4 is 17.6 Å². The lowest BCUT2D eigenvalue weighted by Crippen LogP contribution is -2.05. The van der Waals surface area contributed by atoms with E-state index >= 15 is 0 Å². The lowest BCUT2D eigenvalue weighted by Gasteiger charge is -2.10. The zero-order chi connectivity index (χ0) is 13.7. The highest BCUT2D eigenvalue weighted by atomic mass is 32.2. The summed E-state index contributed by atoms with van der Waals surface area (Å²) in [7, 11) is 0. The molecule has 0 aliphatic carbocycles. The van der Waals surface area contributed by atoms with Gasteiger partial charge in [0.25, 0.3) is 0 Å². The Hall–Kier alpha value is -1.55. The average molecular weight is 273 g/mol. The van der Waals surface area contributed by atoms with Crippen LogP contribution in [0.4, 0.5) is 5.82 Å². The van der Waals surface area contributed by atoms with Crippen molar-refractivity contribution < 1.29 is 0 Å². The van der Waals surface area contributed by atoms with E-state index in [2.05, 4.69) is 60.3 Å². The highest BCUT2D eigenvalue weighted by Gasteiger charge is 2.08. The van der Waals surface area contributed by atoms with E-state index in [1.54, 1.807) is 18.1 Å². The monoisotopic (exact) mass is 273 g/mol. The zero-order valence-corrected chi connectivity index (χ0v) is 12.4. The first-order valence-corrected chi connectivity index (χ1v) is 7.32. The summed E-state index contributed by atoms with van der Waals surface area (Å²) in [4.78, 5) is 9.88. The summed E-state index contributed by atoms with van der Waals surface area (Å²) in [5, 5.41) is 4.34. The molecule has 0 saturated heterocycles. The number of hydrogen-bond donors (Lipinski definition) is 1. The maximum absolute atomic E-state index is 4.38. The van der Waals surface area contributed by atoms with Crippen molar-refractivity contribution in [2.75, 3.05) is 11.9 Å². The van der Waals surface area contributed by atoms with Crippen LogP contribution in [0.3, 0.4) is 0 Å². The van der Waals surface area contributed by atoms with Gasteiger partial charge in [0.1, 0.15) is 17.2 Å². The number of hydrogen-bond acceptors (Lipinski definition) is 4. The minimum absolute atomic E-state index is 0.937. The van der Waals surface area contributed by atoms with Gasteiger partial charge in [-0.15, -0.1) is 0 Å². The molecule has 4 heteroatoms. The first-order chi connectivity index (χ1) is 9.20. The normalized spacial score (nSPS) is 10.5. The molecule has 0 amide bonds. The van der Waals surface area contributed by atoms with Crippen LogP contribution in [-0.2, 0) is 0 Å². The van der Waals surface area contributed by atoms with Crippen molar-refractivity contribution in [2.24, 2.45) is 0 Å². The van der Waals surface area contributed by atoms with Gasteiger partial charge in [-0.3, -0.25) is 0 Å². The summed E-state index contributed by atoms with van der Waals surface area (Å²) in [6.45, 7) is 7.24. The van der Waals surface area contributed by atoms with E-state index in [0.29, 0.717) is 0 Å². The zero-order valence-electron chi connectivity index (χ0n) is 11.6. The molecule has 1 heterocycles. The van der Waals surface area contributed by atoms with Crippen LogP contribution in [0.25, 0.3) is 0 Å². The first-order valence-electron chi connectivity index (χ1n) is 6.50. The molecule has 0 atom stereocenters. The van der Waals surface area contributed by atoms with Crippen LogP contribution < -0.4 is 5.32 Å². The number of rotatable bonds is 5. The molecule has 0 aliphatic rings. The number of aromatic nitrogens is 2. The number of aryl methyl sites for hydroxylation is 1. The van der Waals surface area contributed by atoms with Crippen molar-refractivity contribution in [1.29, 1.82) is 0 Å². The maximum atomic E-state index is 4.38. The minimum Gasteiger partial charge on any atom is -0.370 e. The summed E-state index contributed by atoms with van der Waals surface area (Å²) in [6.07, 6.45) is 2.71.